The van der Waals surface area contributed by atoms with E-state index in [-0.39, 0.29) is 23.9 Å². The Hall–Kier alpha value is -2.80. The largest absolute Gasteiger partial charge is 0.369 e. The van der Waals surface area contributed by atoms with Crippen LogP contribution in [0.2, 0.25) is 0 Å². The molecular formula is C18H20N6O. The van der Waals surface area contributed by atoms with Gasteiger partial charge in [0.05, 0.1) is 35.4 Å². The highest BCUT2D eigenvalue weighted by molar-refractivity contribution is 5.80. The predicted molar refractivity (Wildman–Crippen MR) is 90.1 cm³/mol. The van der Waals surface area contributed by atoms with Gasteiger partial charge in [0.25, 0.3) is 0 Å². The summed E-state index contributed by atoms with van der Waals surface area (Å²) >= 11 is 0. The lowest BCUT2D eigenvalue weighted by Gasteiger charge is -2.24. The molecule has 25 heavy (non-hydrogen) atoms. The Balaban J connectivity index is 1.37. The van der Waals surface area contributed by atoms with Gasteiger partial charge < -0.3 is 15.1 Å². The van der Waals surface area contributed by atoms with Gasteiger partial charge in [0.1, 0.15) is 6.07 Å². The number of hydrogen-bond acceptors (Lipinski definition) is 6. The zero-order chi connectivity index (χ0) is 17.4. The maximum absolute atomic E-state index is 12.7. The van der Waals surface area contributed by atoms with Crippen LogP contribution in [0.25, 0.3) is 0 Å². The lowest BCUT2D eigenvalue weighted by molar-refractivity contribution is -0.125. The van der Waals surface area contributed by atoms with Gasteiger partial charge in [-0.2, -0.15) is 10.5 Å². The molecule has 7 heteroatoms. The van der Waals surface area contributed by atoms with Crippen molar-refractivity contribution in [2.24, 2.45) is 5.92 Å². The number of pyridine rings is 1. The van der Waals surface area contributed by atoms with E-state index in [1.54, 1.807) is 12.4 Å². The van der Waals surface area contributed by atoms with Crippen molar-refractivity contribution in [2.75, 3.05) is 18.0 Å². The van der Waals surface area contributed by atoms with Gasteiger partial charge in [-0.1, -0.05) is 0 Å². The lowest BCUT2D eigenvalue weighted by atomic mass is 9.95. The normalized spacial score (nSPS) is 30.2. The Bertz CT molecular complexity index is 766. The van der Waals surface area contributed by atoms with Gasteiger partial charge in [-0.15, -0.1) is 0 Å². The zero-order valence-electron chi connectivity index (χ0n) is 13.9. The van der Waals surface area contributed by atoms with E-state index in [4.69, 9.17) is 5.26 Å². The zero-order valence-corrected chi connectivity index (χ0v) is 13.9. The molecule has 1 N–H and O–H groups in total. The van der Waals surface area contributed by atoms with Crippen molar-refractivity contribution < 1.29 is 4.79 Å². The SMILES string of the molecule is N#Cc1cncc(N2CC[C@H](C(=O)N[C@@H]3C[C@@H]4CC[C@H]3N4C#N)C2)c1. The maximum Gasteiger partial charge on any atom is 0.225 e. The number of fused-ring (bicyclic) bond motifs is 2. The molecule has 0 unspecified atom stereocenters. The van der Waals surface area contributed by atoms with Crippen LogP contribution in [0.3, 0.4) is 0 Å². The number of aromatic nitrogens is 1. The summed E-state index contributed by atoms with van der Waals surface area (Å²) in [6.45, 7) is 1.43. The van der Waals surface area contributed by atoms with Gasteiger partial charge in [0.15, 0.2) is 6.19 Å². The number of hydrogen-bond donors (Lipinski definition) is 1. The summed E-state index contributed by atoms with van der Waals surface area (Å²) in [6, 6.07) is 4.49. The van der Waals surface area contributed by atoms with Gasteiger partial charge in [0.2, 0.25) is 5.91 Å². The standard InChI is InChI=1S/C18H20N6O/c19-7-12-5-15(9-21-8-12)23-4-3-13(10-23)18(25)22-16-6-14-1-2-17(16)24(14)11-20/h5,8-9,13-14,16-17H,1-4,6,10H2,(H,22,25)/t13-,14-,16+,17+/m0/s1. The van der Waals surface area contributed by atoms with E-state index >= 15 is 0 Å². The van der Waals surface area contributed by atoms with Crippen molar-refractivity contribution in [3.8, 4) is 12.3 Å². The highest BCUT2D eigenvalue weighted by atomic mass is 16.2. The molecule has 3 saturated heterocycles. The first-order valence-corrected chi connectivity index (χ1v) is 8.78. The summed E-state index contributed by atoms with van der Waals surface area (Å²) < 4.78 is 0. The maximum atomic E-state index is 12.7. The van der Waals surface area contributed by atoms with Crippen molar-refractivity contribution in [1.29, 1.82) is 10.5 Å². The second-order valence-corrected chi connectivity index (χ2v) is 7.13. The van der Waals surface area contributed by atoms with Crippen LogP contribution in [0.15, 0.2) is 18.5 Å². The minimum atomic E-state index is -0.0552. The number of carbonyl (C=O) groups excluding carboxylic acids is 1. The number of carbonyl (C=O) groups is 1. The molecule has 4 heterocycles. The van der Waals surface area contributed by atoms with Crippen molar-refractivity contribution in [3.05, 3.63) is 24.0 Å². The average molecular weight is 336 g/mol. The summed E-state index contributed by atoms with van der Waals surface area (Å²) in [6.07, 6.45) is 9.29. The van der Waals surface area contributed by atoms with Crippen LogP contribution >= 0.6 is 0 Å². The molecule has 3 aliphatic heterocycles. The summed E-state index contributed by atoms with van der Waals surface area (Å²) in [5.41, 5.74) is 1.42. The third-order valence-corrected chi connectivity index (χ3v) is 5.76. The van der Waals surface area contributed by atoms with E-state index < -0.39 is 0 Å². The van der Waals surface area contributed by atoms with Gasteiger partial charge in [0, 0.05) is 25.3 Å². The monoisotopic (exact) mass is 336 g/mol. The number of nitriles is 2. The molecule has 0 radical (unpaired) electrons. The molecule has 4 atom stereocenters. The molecular weight excluding hydrogens is 316 g/mol. The summed E-state index contributed by atoms with van der Waals surface area (Å²) in [4.78, 5) is 20.7. The molecule has 4 rings (SSSR count). The van der Waals surface area contributed by atoms with Gasteiger partial charge >= 0.3 is 0 Å². The quantitative estimate of drug-likeness (QED) is 0.827. The number of nitrogens with zero attached hydrogens (tertiary/aromatic N) is 5. The van der Waals surface area contributed by atoms with Crippen LogP contribution in [0.1, 0.15) is 31.2 Å². The topological polar surface area (TPSA) is 96.0 Å². The van der Waals surface area contributed by atoms with Crippen LogP contribution in [-0.2, 0) is 4.79 Å². The molecule has 128 valence electrons. The summed E-state index contributed by atoms with van der Waals surface area (Å²) in [5.74, 6) is 0.0303. The predicted octanol–water partition coefficient (Wildman–Crippen LogP) is 0.982. The third kappa shape index (κ3) is 2.76. The van der Waals surface area contributed by atoms with E-state index in [0.717, 1.165) is 37.9 Å². The fourth-order valence-electron chi connectivity index (χ4n) is 4.47. The smallest absolute Gasteiger partial charge is 0.225 e. The average Bonchev–Trinajstić information content (AvgIpc) is 3.35. The number of rotatable bonds is 3. The fourth-order valence-corrected chi connectivity index (χ4v) is 4.47. The van der Waals surface area contributed by atoms with E-state index in [1.807, 2.05) is 11.0 Å². The first-order chi connectivity index (χ1) is 12.2. The Kier molecular flexibility index (Phi) is 3.93. The third-order valence-electron chi connectivity index (χ3n) is 5.76. The number of anilines is 1. The Morgan fingerprint density at radius 3 is 2.92 bits per heavy atom. The first-order valence-electron chi connectivity index (χ1n) is 8.78. The van der Waals surface area contributed by atoms with Crippen LogP contribution in [0, 0.1) is 28.7 Å². The van der Waals surface area contributed by atoms with E-state index in [0.29, 0.717) is 18.2 Å². The van der Waals surface area contributed by atoms with Crippen molar-refractivity contribution in [1.82, 2.24) is 15.2 Å². The summed E-state index contributed by atoms with van der Waals surface area (Å²) in [5, 5.41) is 21.4. The Morgan fingerprint density at radius 1 is 1.28 bits per heavy atom. The van der Waals surface area contributed by atoms with Gasteiger partial charge in [-0.25, -0.2) is 0 Å². The van der Waals surface area contributed by atoms with Crippen LogP contribution < -0.4 is 10.2 Å². The molecule has 0 saturated carbocycles. The van der Waals surface area contributed by atoms with Gasteiger partial charge in [-0.3, -0.25) is 9.78 Å². The summed E-state index contributed by atoms with van der Waals surface area (Å²) in [7, 11) is 0. The highest BCUT2D eigenvalue weighted by Crippen LogP contribution is 2.37. The minimum Gasteiger partial charge on any atom is -0.369 e. The Labute approximate surface area is 146 Å². The van der Waals surface area contributed by atoms with Crippen LogP contribution in [0.5, 0.6) is 0 Å². The molecule has 1 aromatic rings. The van der Waals surface area contributed by atoms with Crippen molar-refractivity contribution in [2.45, 2.75) is 43.8 Å². The van der Waals surface area contributed by atoms with E-state index in [9.17, 15) is 10.1 Å². The molecule has 0 aliphatic carbocycles. The number of amides is 1. The van der Waals surface area contributed by atoms with Crippen LogP contribution in [0.4, 0.5) is 5.69 Å². The first kappa shape index (κ1) is 15.7. The molecule has 3 fully saturated rings. The van der Waals surface area contributed by atoms with E-state index in [1.165, 1.54) is 0 Å². The molecule has 7 nitrogen and oxygen atoms in total. The molecule has 1 aromatic heterocycles. The molecule has 1 amide bonds. The van der Waals surface area contributed by atoms with Crippen LogP contribution in [-0.4, -0.2) is 47.0 Å². The molecule has 0 aromatic carbocycles. The number of nitrogens with one attached hydrogen (secondary N) is 1. The lowest BCUT2D eigenvalue weighted by Crippen LogP contribution is -2.46. The molecule has 2 bridgehead atoms. The van der Waals surface area contributed by atoms with Gasteiger partial charge in [-0.05, 0) is 31.7 Å². The second kappa shape index (κ2) is 6.25. The van der Waals surface area contributed by atoms with Crippen molar-refractivity contribution in [3.63, 3.8) is 0 Å². The highest BCUT2D eigenvalue weighted by Gasteiger charge is 2.47. The van der Waals surface area contributed by atoms with E-state index in [2.05, 4.69) is 27.5 Å². The van der Waals surface area contributed by atoms with Crippen molar-refractivity contribution >= 4 is 11.6 Å². The minimum absolute atomic E-state index is 0.0552. The second-order valence-electron chi connectivity index (χ2n) is 7.13. The Morgan fingerprint density at radius 2 is 2.16 bits per heavy atom. The molecule has 0 spiro atoms. The fraction of sp³-hybridized carbons (Fsp3) is 0.556. The molecule has 3 aliphatic rings.